The molecule has 2 aromatic heterocycles. The number of piperazine rings is 1. The number of carbonyl (C=O) groups excluding carboxylic acids is 3. The summed E-state index contributed by atoms with van der Waals surface area (Å²) in [6, 6.07) is 3.86. The zero-order valence-corrected chi connectivity index (χ0v) is 21.6. The monoisotopic (exact) mass is 542 g/mol. The molecule has 2 atom stereocenters. The SMILES string of the molecule is CC(C)(C)OC(=O)N1CCN(C[C@@H]2CC(Cc3cc4ccncc4o3)C(=O)O2)CC1.O=CNCC(F)(F)F. The Kier molecular flexibility index (Phi) is 9.58. The van der Waals surface area contributed by atoms with E-state index in [2.05, 4.69) is 9.88 Å². The number of alkyl halides is 3. The molecule has 210 valence electrons. The number of ether oxygens (including phenoxy) is 2. The second kappa shape index (κ2) is 12.5. The highest BCUT2D eigenvalue weighted by atomic mass is 19.4. The summed E-state index contributed by atoms with van der Waals surface area (Å²) >= 11 is 0. The molecule has 2 saturated heterocycles. The van der Waals surface area contributed by atoms with Gasteiger partial charge < -0.3 is 24.1 Å². The second-order valence-electron chi connectivity index (χ2n) is 10.2. The van der Waals surface area contributed by atoms with Gasteiger partial charge in [0.2, 0.25) is 6.41 Å². The van der Waals surface area contributed by atoms with E-state index in [9.17, 15) is 27.6 Å². The summed E-state index contributed by atoms with van der Waals surface area (Å²) in [5.41, 5.74) is 0.246. The minimum Gasteiger partial charge on any atom is -0.461 e. The van der Waals surface area contributed by atoms with Crippen LogP contribution in [0, 0.1) is 5.92 Å². The summed E-state index contributed by atoms with van der Waals surface area (Å²) in [7, 11) is 0. The van der Waals surface area contributed by atoms with Gasteiger partial charge in [0.1, 0.15) is 24.0 Å². The van der Waals surface area contributed by atoms with E-state index in [0.29, 0.717) is 32.5 Å². The highest BCUT2D eigenvalue weighted by Gasteiger charge is 2.37. The Bertz CT molecular complexity index is 1060. The Labute approximate surface area is 218 Å². The molecule has 0 bridgehead atoms. The number of hydrogen-bond donors (Lipinski definition) is 1. The number of rotatable bonds is 6. The van der Waals surface area contributed by atoms with Crippen molar-refractivity contribution >= 4 is 29.4 Å². The number of pyridine rings is 1. The molecule has 2 amide bonds. The van der Waals surface area contributed by atoms with Gasteiger partial charge in [0.15, 0.2) is 5.58 Å². The third kappa shape index (κ3) is 9.19. The van der Waals surface area contributed by atoms with Gasteiger partial charge in [0, 0.05) is 50.7 Å². The summed E-state index contributed by atoms with van der Waals surface area (Å²) in [6.45, 7) is 7.77. The van der Waals surface area contributed by atoms with E-state index in [-0.39, 0.29) is 30.5 Å². The van der Waals surface area contributed by atoms with E-state index in [1.807, 2.05) is 32.9 Å². The molecule has 10 nitrogen and oxygen atoms in total. The molecule has 0 spiro atoms. The molecular formula is C25H33F3N4O6. The molecular weight excluding hydrogens is 509 g/mol. The summed E-state index contributed by atoms with van der Waals surface area (Å²) in [4.78, 5) is 41.8. The van der Waals surface area contributed by atoms with Crippen LogP contribution in [0.1, 0.15) is 33.0 Å². The first-order valence-electron chi connectivity index (χ1n) is 12.3. The van der Waals surface area contributed by atoms with E-state index >= 15 is 0 Å². The lowest BCUT2D eigenvalue weighted by Crippen LogP contribution is -2.51. The maximum absolute atomic E-state index is 12.4. The number of amides is 2. The molecule has 0 radical (unpaired) electrons. The van der Waals surface area contributed by atoms with Gasteiger partial charge in [0.05, 0.1) is 12.1 Å². The van der Waals surface area contributed by atoms with E-state index in [4.69, 9.17) is 13.9 Å². The summed E-state index contributed by atoms with van der Waals surface area (Å²) in [5, 5.41) is 2.47. The van der Waals surface area contributed by atoms with Crippen molar-refractivity contribution < 1.29 is 41.4 Å². The lowest BCUT2D eigenvalue weighted by atomic mass is 9.99. The Hall–Kier alpha value is -3.35. The van der Waals surface area contributed by atoms with Crippen LogP contribution in [0.4, 0.5) is 18.0 Å². The van der Waals surface area contributed by atoms with Gasteiger partial charge in [-0.25, -0.2) is 4.79 Å². The van der Waals surface area contributed by atoms with Crippen molar-refractivity contribution in [3.63, 3.8) is 0 Å². The molecule has 2 fully saturated rings. The normalized spacial score (nSPS) is 20.5. The fourth-order valence-corrected chi connectivity index (χ4v) is 4.17. The van der Waals surface area contributed by atoms with Gasteiger partial charge in [0.25, 0.3) is 0 Å². The molecule has 0 aliphatic carbocycles. The van der Waals surface area contributed by atoms with Crippen LogP contribution in [-0.2, 0) is 25.5 Å². The summed E-state index contributed by atoms with van der Waals surface area (Å²) in [5.74, 6) is 0.434. The van der Waals surface area contributed by atoms with Crippen LogP contribution in [-0.4, -0.2) is 90.4 Å². The van der Waals surface area contributed by atoms with Crippen LogP contribution in [0.2, 0.25) is 0 Å². The van der Waals surface area contributed by atoms with Gasteiger partial charge in [-0.15, -0.1) is 0 Å². The Morgan fingerprint density at radius 3 is 2.53 bits per heavy atom. The average Bonchev–Trinajstić information content (AvgIpc) is 3.39. The van der Waals surface area contributed by atoms with E-state index in [1.165, 1.54) is 5.32 Å². The maximum atomic E-state index is 12.4. The molecule has 38 heavy (non-hydrogen) atoms. The molecule has 2 aliphatic heterocycles. The predicted molar refractivity (Wildman–Crippen MR) is 130 cm³/mol. The Balaban J connectivity index is 0.000000436. The van der Waals surface area contributed by atoms with Crippen molar-refractivity contribution in [3.8, 4) is 0 Å². The zero-order chi connectivity index (χ0) is 27.9. The third-order valence-electron chi connectivity index (χ3n) is 5.86. The highest BCUT2D eigenvalue weighted by Crippen LogP contribution is 2.28. The number of fused-ring (bicyclic) bond motifs is 1. The first-order valence-corrected chi connectivity index (χ1v) is 12.3. The van der Waals surface area contributed by atoms with Gasteiger partial charge in [-0.2, -0.15) is 13.2 Å². The fraction of sp³-hybridized carbons (Fsp3) is 0.600. The zero-order valence-electron chi connectivity index (χ0n) is 21.6. The fourth-order valence-electron chi connectivity index (χ4n) is 4.17. The van der Waals surface area contributed by atoms with Gasteiger partial charge in [-0.3, -0.25) is 19.5 Å². The third-order valence-corrected chi connectivity index (χ3v) is 5.86. The van der Waals surface area contributed by atoms with Gasteiger partial charge in [-0.05, 0) is 39.3 Å². The standard InChI is InChI=1S/C22H29N3O5.C3H4F3NO/c1-22(2,3)30-21(27)25-8-6-24(7-9-25)14-18-12-16(20(26)29-18)11-17-10-15-4-5-23-13-19(15)28-17;4-3(5,6)1-7-2-8/h4-5,10,13,16,18H,6-9,11-12,14H2,1-3H3;2H,1H2,(H,7,8)/t16?,18-;/m0./s1. The number of furan rings is 1. The van der Waals surface area contributed by atoms with Crippen molar-refractivity contribution in [1.82, 2.24) is 20.1 Å². The number of halogens is 3. The van der Waals surface area contributed by atoms with Crippen LogP contribution in [0.25, 0.3) is 11.0 Å². The van der Waals surface area contributed by atoms with Crippen LogP contribution in [0.3, 0.4) is 0 Å². The summed E-state index contributed by atoms with van der Waals surface area (Å²) in [6.07, 6.45) is -0.0435. The minimum absolute atomic E-state index is 0.00743. The smallest absolute Gasteiger partial charge is 0.410 e. The van der Waals surface area contributed by atoms with Crippen LogP contribution in [0.5, 0.6) is 0 Å². The molecule has 2 aliphatic rings. The first-order chi connectivity index (χ1) is 17.8. The second-order valence-corrected chi connectivity index (χ2v) is 10.2. The lowest BCUT2D eigenvalue weighted by molar-refractivity contribution is -0.145. The molecule has 4 heterocycles. The molecule has 0 saturated carbocycles. The Morgan fingerprint density at radius 2 is 1.95 bits per heavy atom. The first kappa shape index (κ1) is 29.2. The van der Waals surface area contributed by atoms with Crippen molar-refractivity contribution in [2.24, 2.45) is 5.92 Å². The molecule has 2 aromatic rings. The van der Waals surface area contributed by atoms with Crippen LogP contribution >= 0.6 is 0 Å². The van der Waals surface area contributed by atoms with E-state index in [0.717, 1.165) is 29.8 Å². The van der Waals surface area contributed by atoms with E-state index in [1.54, 1.807) is 17.3 Å². The van der Waals surface area contributed by atoms with Gasteiger partial charge in [-0.1, -0.05) is 0 Å². The molecule has 4 rings (SSSR count). The maximum Gasteiger partial charge on any atom is 0.410 e. The van der Waals surface area contributed by atoms with Crippen LogP contribution in [0.15, 0.2) is 28.9 Å². The van der Waals surface area contributed by atoms with Crippen molar-refractivity contribution in [2.75, 3.05) is 39.3 Å². The quantitative estimate of drug-likeness (QED) is 0.438. The van der Waals surface area contributed by atoms with Crippen LogP contribution < -0.4 is 5.32 Å². The summed E-state index contributed by atoms with van der Waals surface area (Å²) < 4.78 is 49.9. The van der Waals surface area contributed by atoms with E-state index < -0.39 is 18.3 Å². The largest absolute Gasteiger partial charge is 0.461 e. The highest BCUT2D eigenvalue weighted by molar-refractivity contribution is 5.78. The van der Waals surface area contributed by atoms with Crippen molar-refractivity contribution in [3.05, 3.63) is 30.3 Å². The average molecular weight is 543 g/mol. The molecule has 1 N–H and O–H groups in total. The topological polar surface area (TPSA) is 114 Å². The molecule has 0 aromatic carbocycles. The number of cyclic esters (lactones) is 1. The minimum atomic E-state index is -4.29. The predicted octanol–water partition coefficient (Wildman–Crippen LogP) is 3.15. The number of nitrogens with one attached hydrogen (secondary N) is 1. The number of esters is 1. The molecule has 1 unspecified atom stereocenters. The number of carbonyl (C=O) groups is 3. The van der Waals surface area contributed by atoms with Crippen molar-refractivity contribution in [1.29, 1.82) is 0 Å². The Morgan fingerprint density at radius 1 is 1.24 bits per heavy atom. The van der Waals surface area contributed by atoms with Crippen molar-refractivity contribution in [2.45, 2.75) is 51.5 Å². The molecule has 13 heteroatoms. The number of aromatic nitrogens is 1. The van der Waals surface area contributed by atoms with Gasteiger partial charge >= 0.3 is 18.2 Å². The number of hydrogen-bond acceptors (Lipinski definition) is 8. The lowest BCUT2D eigenvalue weighted by Gasteiger charge is -2.36. The number of nitrogens with zero attached hydrogens (tertiary/aromatic N) is 3.